The van der Waals surface area contributed by atoms with Crippen molar-refractivity contribution in [2.24, 2.45) is 0 Å². The van der Waals surface area contributed by atoms with E-state index in [0.717, 1.165) is 30.6 Å². The number of amides is 1. The predicted molar refractivity (Wildman–Crippen MR) is 101 cm³/mol. The Morgan fingerprint density at radius 2 is 2.00 bits per heavy atom. The molecule has 0 aliphatic heterocycles. The fourth-order valence-corrected chi connectivity index (χ4v) is 3.50. The highest BCUT2D eigenvalue weighted by Gasteiger charge is 2.26. The highest BCUT2D eigenvalue weighted by atomic mass is 16.5. The normalized spacial score (nSPS) is 17.5. The molecule has 2 aromatic rings. The predicted octanol–water partition coefficient (Wildman–Crippen LogP) is 4.65. The molecule has 0 saturated carbocycles. The van der Waals surface area contributed by atoms with Crippen molar-refractivity contribution in [3.8, 4) is 5.75 Å². The van der Waals surface area contributed by atoms with E-state index in [1.807, 2.05) is 32.0 Å². The SMILES string of the molecule is CCC(Oc1cccc(C)c1C)C(=O)NC1CCCc2ccccc21. The lowest BCUT2D eigenvalue weighted by molar-refractivity contribution is -0.129. The molecule has 2 atom stereocenters. The first kappa shape index (κ1) is 17.5. The van der Waals surface area contributed by atoms with Gasteiger partial charge in [0, 0.05) is 0 Å². The van der Waals surface area contributed by atoms with E-state index in [-0.39, 0.29) is 11.9 Å². The van der Waals surface area contributed by atoms with Crippen LogP contribution in [0.2, 0.25) is 0 Å². The molecule has 0 radical (unpaired) electrons. The summed E-state index contributed by atoms with van der Waals surface area (Å²) in [7, 11) is 0. The maximum absolute atomic E-state index is 12.8. The van der Waals surface area contributed by atoms with Crippen molar-refractivity contribution in [2.75, 3.05) is 0 Å². The quantitative estimate of drug-likeness (QED) is 0.862. The number of benzene rings is 2. The number of hydrogen-bond donors (Lipinski definition) is 1. The van der Waals surface area contributed by atoms with E-state index in [1.54, 1.807) is 0 Å². The topological polar surface area (TPSA) is 38.3 Å². The summed E-state index contributed by atoms with van der Waals surface area (Å²) < 4.78 is 6.05. The van der Waals surface area contributed by atoms with Crippen LogP contribution in [0.25, 0.3) is 0 Å². The maximum atomic E-state index is 12.8. The van der Waals surface area contributed by atoms with Gasteiger partial charge in [0.2, 0.25) is 0 Å². The lowest BCUT2D eigenvalue weighted by atomic mass is 9.87. The van der Waals surface area contributed by atoms with Crippen LogP contribution < -0.4 is 10.1 Å². The van der Waals surface area contributed by atoms with Gasteiger partial charge in [0.1, 0.15) is 5.75 Å². The van der Waals surface area contributed by atoms with Crippen LogP contribution in [0.4, 0.5) is 0 Å². The fourth-order valence-electron chi connectivity index (χ4n) is 3.50. The molecule has 2 unspecified atom stereocenters. The van der Waals surface area contributed by atoms with Crippen molar-refractivity contribution in [1.82, 2.24) is 5.32 Å². The number of ether oxygens (including phenoxy) is 1. The summed E-state index contributed by atoms with van der Waals surface area (Å²) in [5.41, 5.74) is 4.87. The lowest BCUT2D eigenvalue weighted by Gasteiger charge is -2.28. The lowest BCUT2D eigenvalue weighted by Crippen LogP contribution is -2.41. The fraction of sp³-hybridized carbons (Fsp3) is 0.409. The molecule has 3 nitrogen and oxygen atoms in total. The number of carbonyl (C=O) groups is 1. The summed E-state index contributed by atoms with van der Waals surface area (Å²) in [5, 5.41) is 3.22. The van der Waals surface area contributed by atoms with Crippen molar-refractivity contribution >= 4 is 5.91 Å². The smallest absolute Gasteiger partial charge is 0.261 e. The van der Waals surface area contributed by atoms with Crippen LogP contribution in [0.3, 0.4) is 0 Å². The van der Waals surface area contributed by atoms with Gasteiger partial charge in [-0.1, -0.05) is 43.3 Å². The second kappa shape index (κ2) is 7.73. The van der Waals surface area contributed by atoms with Gasteiger partial charge in [0.15, 0.2) is 6.10 Å². The number of nitrogens with one attached hydrogen (secondary N) is 1. The minimum Gasteiger partial charge on any atom is -0.480 e. The molecule has 3 rings (SSSR count). The second-order valence-electron chi connectivity index (χ2n) is 6.87. The monoisotopic (exact) mass is 337 g/mol. The van der Waals surface area contributed by atoms with Crippen molar-refractivity contribution in [1.29, 1.82) is 0 Å². The van der Waals surface area contributed by atoms with Crippen molar-refractivity contribution < 1.29 is 9.53 Å². The molecule has 2 aromatic carbocycles. The third kappa shape index (κ3) is 3.87. The molecule has 3 heteroatoms. The van der Waals surface area contributed by atoms with Crippen LogP contribution in [-0.2, 0) is 11.2 Å². The molecule has 1 amide bonds. The molecule has 0 heterocycles. The van der Waals surface area contributed by atoms with Crippen LogP contribution in [0.5, 0.6) is 5.75 Å². The van der Waals surface area contributed by atoms with E-state index in [2.05, 4.69) is 36.5 Å². The van der Waals surface area contributed by atoms with Gasteiger partial charge in [0.05, 0.1) is 6.04 Å². The standard InChI is InChI=1S/C22H27NO2/c1-4-20(25-21-14-7-9-15(2)16(21)3)22(24)23-19-13-8-11-17-10-5-6-12-18(17)19/h5-7,9-10,12,14,19-20H,4,8,11,13H2,1-3H3,(H,23,24). The zero-order chi connectivity index (χ0) is 17.8. The minimum atomic E-state index is -0.463. The van der Waals surface area contributed by atoms with E-state index in [9.17, 15) is 4.79 Å². The van der Waals surface area contributed by atoms with E-state index in [1.165, 1.54) is 16.7 Å². The van der Waals surface area contributed by atoms with Crippen LogP contribution >= 0.6 is 0 Å². The van der Waals surface area contributed by atoms with Gasteiger partial charge in [-0.2, -0.15) is 0 Å². The maximum Gasteiger partial charge on any atom is 0.261 e. The number of carbonyl (C=O) groups excluding carboxylic acids is 1. The molecule has 0 fully saturated rings. The van der Waals surface area contributed by atoms with Crippen LogP contribution in [-0.4, -0.2) is 12.0 Å². The van der Waals surface area contributed by atoms with E-state index in [0.29, 0.717) is 6.42 Å². The van der Waals surface area contributed by atoms with Crippen molar-refractivity contribution in [3.05, 3.63) is 64.7 Å². The molecular weight excluding hydrogens is 310 g/mol. The van der Waals surface area contributed by atoms with Crippen LogP contribution in [0.15, 0.2) is 42.5 Å². The second-order valence-corrected chi connectivity index (χ2v) is 6.87. The zero-order valence-corrected chi connectivity index (χ0v) is 15.3. The van der Waals surface area contributed by atoms with Crippen molar-refractivity contribution in [2.45, 2.75) is 58.6 Å². The van der Waals surface area contributed by atoms with Crippen LogP contribution in [0.1, 0.15) is 54.5 Å². The van der Waals surface area contributed by atoms with Gasteiger partial charge >= 0.3 is 0 Å². The number of aryl methyl sites for hydroxylation is 2. The molecule has 132 valence electrons. The molecule has 25 heavy (non-hydrogen) atoms. The summed E-state index contributed by atoms with van der Waals surface area (Å²) in [6.45, 7) is 6.08. The zero-order valence-electron chi connectivity index (χ0n) is 15.3. The van der Waals surface area contributed by atoms with Gasteiger partial charge in [0.25, 0.3) is 5.91 Å². The van der Waals surface area contributed by atoms with E-state index < -0.39 is 6.10 Å². The molecular formula is C22H27NO2. The highest BCUT2D eigenvalue weighted by Crippen LogP contribution is 2.30. The van der Waals surface area contributed by atoms with Gasteiger partial charge in [-0.15, -0.1) is 0 Å². The Balaban J connectivity index is 1.72. The van der Waals surface area contributed by atoms with Gasteiger partial charge in [-0.25, -0.2) is 0 Å². The third-order valence-electron chi connectivity index (χ3n) is 5.17. The first-order valence-corrected chi connectivity index (χ1v) is 9.21. The highest BCUT2D eigenvalue weighted by molar-refractivity contribution is 5.81. The average Bonchev–Trinajstić information content (AvgIpc) is 2.63. The van der Waals surface area contributed by atoms with E-state index >= 15 is 0 Å². The molecule has 1 aliphatic rings. The molecule has 0 bridgehead atoms. The molecule has 1 aliphatic carbocycles. The Morgan fingerprint density at radius 1 is 1.20 bits per heavy atom. The summed E-state index contributed by atoms with van der Waals surface area (Å²) >= 11 is 0. The molecule has 1 N–H and O–H groups in total. The molecule has 0 aromatic heterocycles. The Kier molecular flexibility index (Phi) is 5.42. The summed E-state index contributed by atoms with van der Waals surface area (Å²) in [6, 6.07) is 14.5. The van der Waals surface area contributed by atoms with Crippen molar-refractivity contribution in [3.63, 3.8) is 0 Å². The summed E-state index contributed by atoms with van der Waals surface area (Å²) in [4.78, 5) is 12.8. The van der Waals surface area contributed by atoms with Crippen LogP contribution in [0, 0.1) is 13.8 Å². The van der Waals surface area contributed by atoms with E-state index in [4.69, 9.17) is 4.74 Å². The third-order valence-corrected chi connectivity index (χ3v) is 5.17. The number of rotatable bonds is 5. The molecule has 0 spiro atoms. The van der Waals surface area contributed by atoms with Gasteiger partial charge in [-0.05, 0) is 67.9 Å². The first-order chi connectivity index (χ1) is 12.1. The number of hydrogen-bond acceptors (Lipinski definition) is 2. The number of fused-ring (bicyclic) bond motifs is 1. The average molecular weight is 337 g/mol. The summed E-state index contributed by atoms with van der Waals surface area (Å²) in [6.07, 6.45) is 3.38. The first-order valence-electron chi connectivity index (χ1n) is 9.21. The summed E-state index contributed by atoms with van der Waals surface area (Å²) in [5.74, 6) is 0.774. The largest absolute Gasteiger partial charge is 0.480 e. The Hall–Kier alpha value is -2.29. The van der Waals surface area contributed by atoms with Gasteiger partial charge < -0.3 is 10.1 Å². The minimum absolute atomic E-state index is 0.0230. The Bertz CT molecular complexity index is 753. The van der Waals surface area contributed by atoms with Gasteiger partial charge in [-0.3, -0.25) is 4.79 Å². The Morgan fingerprint density at radius 3 is 2.80 bits per heavy atom. The molecule has 0 saturated heterocycles. The Labute approximate surface area is 150 Å².